The van der Waals surface area contributed by atoms with E-state index in [0.717, 1.165) is 31.1 Å². The molecule has 5 heteroatoms. The summed E-state index contributed by atoms with van der Waals surface area (Å²) in [6.45, 7) is 9.42. The first-order valence-electron chi connectivity index (χ1n) is 6.83. The van der Waals surface area contributed by atoms with Crippen LogP contribution >= 0.6 is 0 Å². The van der Waals surface area contributed by atoms with Crippen molar-refractivity contribution in [2.75, 3.05) is 43.4 Å². The van der Waals surface area contributed by atoms with Gasteiger partial charge in [0.15, 0.2) is 0 Å². The summed E-state index contributed by atoms with van der Waals surface area (Å²) in [6.07, 6.45) is 2.69. The van der Waals surface area contributed by atoms with Gasteiger partial charge < -0.3 is 15.5 Å². The van der Waals surface area contributed by atoms with E-state index >= 15 is 0 Å². The second kappa shape index (κ2) is 6.54. The number of aromatic nitrogens is 2. The highest BCUT2D eigenvalue weighted by molar-refractivity contribution is 5.42. The topological polar surface area (TPSA) is 53.1 Å². The van der Waals surface area contributed by atoms with Gasteiger partial charge in [-0.1, -0.05) is 0 Å². The largest absolute Gasteiger partial charge is 0.369 e. The number of hydrogen-bond acceptors (Lipinski definition) is 5. The molecule has 0 aromatic carbocycles. The Kier molecular flexibility index (Phi) is 4.75. The second-order valence-corrected chi connectivity index (χ2v) is 4.72. The Hall–Kier alpha value is -1.36. The zero-order valence-corrected chi connectivity index (χ0v) is 11.4. The maximum Gasteiger partial charge on any atom is 0.224 e. The van der Waals surface area contributed by atoms with Crippen LogP contribution in [0.3, 0.4) is 0 Å². The van der Waals surface area contributed by atoms with E-state index < -0.39 is 0 Å². The number of anilines is 2. The maximum atomic E-state index is 4.44. The predicted octanol–water partition coefficient (Wildman–Crippen LogP) is 1.72. The molecular weight excluding hydrogens is 226 g/mol. The monoisotopic (exact) mass is 249 g/mol. The van der Waals surface area contributed by atoms with Gasteiger partial charge in [0.25, 0.3) is 0 Å². The van der Waals surface area contributed by atoms with Crippen LogP contribution in [0.15, 0.2) is 6.07 Å². The van der Waals surface area contributed by atoms with Crippen LogP contribution in [0.4, 0.5) is 11.8 Å². The molecule has 1 aromatic rings. The molecule has 1 fully saturated rings. The van der Waals surface area contributed by atoms with Crippen LogP contribution in [0.1, 0.15) is 25.5 Å². The predicted molar refractivity (Wildman–Crippen MR) is 75.1 cm³/mol. The molecular formula is C13H23N5. The molecule has 100 valence electrons. The van der Waals surface area contributed by atoms with Crippen LogP contribution in [-0.4, -0.2) is 47.6 Å². The average molecular weight is 249 g/mol. The first-order chi connectivity index (χ1) is 8.78. The van der Waals surface area contributed by atoms with Gasteiger partial charge >= 0.3 is 0 Å². The van der Waals surface area contributed by atoms with Gasteiger partial charge in [-0.05, 0) is 39.8 Å². The van der Waals surface area contributed by atoms with Crippen molar-refractivity contribution < 1.29 is 0 Å². The minimum atomic E-state index is 0.709. The van der Waals surface area contributed by atoms with Crippen LogP contribution < -0.4 is 10.6 Å². The summed E-state index contributed by atoms with van der Waals surface area (Å²) < 4.78 is 0. The lowest BCUT2D eigenvalue weighted by Gasteiger charge is -2.15. The van der Waals surface area contributed by atoms with E-state index in [-0.39, 0.29) is 0 Å². The summed E-state index contributed by atoms with van der Waals surface area (Å²) in [5.74, 6) is 1.62. The molecule has 0 atom stereocenters. The van der Waals surface area contributed by atoms with Crippen molar-refractivity contribution in [3.05, 3.63) is 11.8 Å². The van der Waals surface area contributed by atoms with Crippen molar-refractivity contribution in [2.45, 2.75) is 26.7 Å². The summed E-state index contributed by atoms with van der Waals surface area (Å²) in [7, 11) is 0. The normalized spacial score (nSPS) is 15.9. The van der Waals surface area contributed by atoms with Gasteiger partial charge in [0.2, 0.25) is 5.95 Å². The molecule has 1 saturated heterocycles. The third-order valence-electron chi connectivity index (χ3n) is 3.12. The molecule has 2 rings (SSSR count). The van der Waals surface area contributed by atoms with Crippen LogP contribution in [0, 0.1) is 6.92 Å². The highest BCUT2D eigenvalue weighted by Crippen LogP contribution is 2.10. The van der Waals surface area contributed by atoms with Crippen LogP contribution in [-0.2, 0) is 0 Å². The Morgan fingerprint density at radius 2 is 2.00 bits per heavy atom. The molecule has 0 radical (unpaired) electrons. The molecule has 1 aromatic heterocycles. The number of nitrogens with one attached hydrogen (secondary N) is 2. The number of likely N-dealkylation sites (tertiary alicyclic amines) is 1. The lowest BCUT2D eigenvalue weighted by atomic mass is 10.4. The number of nitrogens with zero attached hydrogens (tertiary/aromatic N) is 3. The van der Waals surface area contributed by atoms with E-state index in [0.29, 0.717) is 5.95 Å². The number of aryl methyl sites for hydroxylation is 1. The van der Waals surface area contributed by atoms with Gasteiger partial charge in [-0.15, -0.1) is 0 Å². The van der Waals surface area contributed by atoms with Crippen molar-refractivity contribution in [2.24, 2.45) is 0 Å². The first kappa shape index (κ1) is 13.1. The quantitative estimate of drug-likeness (QED) is 0.804. The molecule has 0 amide bonds. The Bertz CT molecular complexity index is 374. The molecule has 18 heavy (non-hydrogen) atoms. The summed E-state index contributed by atoms with van der Waals surface area (Å²) in [6, 6.07) is 1.99. The molecule has 2 N–H and O–H groups in total. The van der Waals surface area contributed by atoms with Crippen molar-refractivity contribution >= 4 is 11.8 Å². The molecule has 0 saturated carbocycles. The minimum absolute atomic E-state index is 0.709. The third kappa shape index (κ3) is 3.84. The fourth-order valence-corrected chi connectivity index (χ4v) is 2.24. The van der Waals surface area contributed by atoms with Gasteiger partial charge in [0, 0.05) is 31.4 Å². The lowest BCUT2D eigenvalue weighted by Crippen LogP contribution is -2.26. The van der Waals surface area contributed by atoms with E-state index in [2.05, 4.69) is 25.5 Å². The standard InChI is InChI=1S/C13H23N5/c1-3-14-13-16-11(2)10-12(17-13)15-6-9-18-7-4-5-8-18/h10H,3-9H2,1-2H3,(H2,14,15,16,17). The van der Waals surface area contributed by atoms with E-state index in [1.54, 1.807) is 0 Å². The van der Waals surface area contributed by atoms with E-state index in [1.165, 1.54) is 25.9 Å². The SMILES string of the molecule is CCNc1nc(C)cc(NCCN2CCCC2)n1. The smallest absolute Gasteiger partial charge is 0.224 e. The van der Waals surface area contributed by atoms with Gasteiger partial charge in [0.05, 0.1) is 0 Å². The molecule has 0 unspecified atom stereocenters. The second-order valence-electron chi connectivity index (χ2n) is 4.72. The number of hydrogen-bond donors (Lipinski definition) is 2. The summed E-state index contributed by atoms with van der Waals surface area (Å²) in [5.41, 5.74) is 0.990. The Morgan fingerprint density at radius 1 is 1.22 bits per heavy atom. The maximum absolute atomic E-state index is 4.44. The fraction of sp³-hybridized carbons (Fsp3) is 0.692. The molecule has 1 aliphatic heterocycles. The molecule has 1 aliphatic rings. The molecule has 0 spiro atoms. The van der Waals surface area contributed by atoms with Gasteiger partial charge in [0.1, 0.15) is 5.82 Å². The molecule has 5 nitrogen and oxygen atoms in total. The van der Waals surface area contributed by atoms with Gasteiger partial charge in [-0.2, -0.15) is 4.98 Å². The highest BCUT2D eigenvalue weighted by atomic mass is 15.2. The van der Waals surface area contributed by atoms with Crippen LogP contribution in [0.5, 0.6) is 0 Å². The molecule has 2 heterocycles. The lowest BCUT2D eigenvalue weighted by molar-refractivity contribution is 0.352. The number of rotatable bonds is 6. The average Bonchev–Trinajstić information content (AvgIpc) is 2.82. The van der Waals surface area contributed by atoms with Gasteiger partial charge in [-0.25, -0.2) is 4.98 Å². The third-order valence-corrected chi connectivity index (χ3v) is 3.12. The van der Waals surface area contributed by atoms with E-state index in [4.69, 9.17) is 0 Å². The highest BCUT2D eigenvalue weighted by Gasteiger charge is 2.10. The van der Waals surface area contributed by atoms with Crippen molar-refractivity contribution in [1.82, 2.24) is 14.9 Å². The van der Waals surface area contributed by atoms with Crippen molar-refractivity contribution in [3.8, 4) is 0 Å². The first-order valence-corrected chi connectivity index (χ1v) is 6.83. The summed E-state index contributed by atoms with van der Waals surface area (Å²) >= 11 is 0. The van der Waals surface area contributed by atoms with Crippen molar-refractivity contribution in [3.63, 3.8) is 0 Å². The van der Waals surface area contributed by atoms with E-state index in [9.17, 15) is 0 Å². The fourth-order valence-electron chi connectivity index (χ4n) is 2.24. The zero-order chi connectivity index (χ0) is 12.8. The van der Waals surface area contributed by atoms with Gasteiger partial charge in [-0.3, -0.25) is 0 Å². The van der Waals surface area contributed by atoms with Crippen LogP contribution in [0.2, 0.25) is 0 Å². The van der Waals surface area contributed by atoms with Crippen LogP contribution in [0.25, 0.3) is 0 Å². The summed E-state index contributed by atoms with van der Waals surface area (Å²) in [5, 5.41) is 6.53. The minimum Gasteiger partial charge on any atom is -0.369 e. The molecule has 0 bridgehead atoms. The van der Waals surface area contributed by atoms with E-state index in [1.807, 2.05) is 19.9 Å². The summed E-state index contributed by atoms with van der Waals surface area (Å²) in [4.78, 5) is 11.3. The Balaban J connectivity index is 1.83. The molecule has 0 aliphatic carbocycles. The zero-order valence-electron chi connectivity index (χ0n) is 11.4. The Morgan fingerprint density at radius 3 is 2.72 bits per heavy atom. The Labute approximate surface area is 109 Å². The van der Waals surface area contributed by atoms with Crippen molar-refractivity contribution in [1.29, 1.82) is 0 Å².